The molecule has 0 atom stereocenters. The third kappa shape index (κ3) is 2.42. The number of aromatic nitrogens is 1. The zero-order valence-corrected chi connectivity index (χ0v) is 11.1. The van der Waals surface area contributed by atoms with Gasteiger partial charge in [0.25, 0.3) is 0 Å². The predicted octanol–water partition coefficient (Wildman–Crippen LogP) is 2.34. The van der Waals surface area contributed by atoms with Crippen molar-refractivity contribution in [1.82, 2.24) is 4.98 Å². The van der Waals surface area contributed by atoms with Crippen LogP contribution >= 0.6 is 0 Å². The molecule has 0 radical (unpaired) electrons. The normalized spacial score (nSPS) is 9.65. The molecule has 2 rings (SSSR count). The van der Waals surface area contributed by atoms with Gasteiger partial charge in [-0.25, -0.2) is 4.98 Å². The summed E-state index contributed by atoms with van der Waals surface area (Å²) < 4.78 is 16.1. The van der Waals surface area contributed by atoms with Crippen molar-refractivity contribution >= 4 is 5.69 Å². The van der Waals surface area contributed by atoms with Crippen molar-refractivity contribution in [2.24, 2.45) is 0 Å². The summed E-state index contributed by atoms with van der Waals surface area (Å²) in [5, 5.41) is 8.95. The van der Waals surface area contributed by atoms with Gasteiger partial charge in [-0.15, -0.1) is 0 Å². The summed E-state index contributed by atoms with van der Waals surface area (Å²) in [5.41, 5.74) is 6.30. The molecule has 0 amide bonds. The first-order valence-corrected chi connectivity index (χ1v) is 5.74. The summed E-state index contributed by atoms with van der Waals surface area (Å²) in [6, 6.07) is 8.71. The average molecular weight is 271 g/mol. The first-order chi connectivity index (χ1) is 9.71. The van der Waals surface area contributed by atoms with Gasteiger partial charge in [-0.2, -0.15) is 5.26 Å². The van der Waals surface area contributed by atoms with Crippen LogP contribution in [0.1, 0.15) is 5.56 Å². The second kappa shape index (κ2) is 5.80. The average Bonchev–Trinajstić information content (AvgIpc) is 2.49. The fourth-order valence-electron chi connectivity index (χ4n) is 1.65. The third-order valence-electron chi connectivity index (χ3n) is 2.66. The Kier molecular flexibility index (Phi) is 3.91. The van der Waals surface area contributed by atoms with E-state index in [1.807, 2.05) is 6.07 Å². The maximum absolute atomic E-state index is 8.95. The van der Waals surface area contributed by atoms with Crippen LogP contribution in [0, 0.1) is 11.3 Å². The third-order valence-corrected chi connectivity index (χ3v) is 2.66. The molecule has 102 valence electrons. The molecule has 2 N–H and O–H groups in total. The molecule has 1 aromatic carbocycles. The number of nitrogens with zero attached hydrogens (tertiary/aromatic N) is 2. The molecule has 20 heavy (non-hydrogen) atoms. The second-order valence-electron chi connectivity index (χ2n) is 3.78. The molecule has 2 aromatic rings. The van der Waals surface area contributed by atoms with Crippen LogP contribution in [0.4, 0.5) is 5.69 Å². The first-order valence-electron chi connectivity index (χ1n) is 5.74. The van der Waals surface area contributed by atoms with Gasteiger partial charge in [-0.3, -0.25) is 0 Å². The van der Waals surface area contributed by atoms with Crippen molar-refractivity contribution in [3.05, 3.63) is 36.0 Å². The number of nitrogens with two attached hydrogens (primary N) is 1. The van der Waals surface area contributed by atoms with Gasteiger partial charge in [-0.1, -0.05) is 6.07 Å². The molecule has 6 heteroatoms. The minimum absolute atomic E-state index is 0.131. The summed E-state index contributed by atoms with van der Waals surface area (Å²) >= 11 is 0. The van der Waals surface area contributed by atoms with Gasteiger partial charge in [0.05, 0.1) is 19.8 Å². The van der Waals surface area contributed by atoms with Gasteiger partial charge in [0.1, 0.15) is 11.8 Å². The zero-order valence-electron chi connectivity index (χ0n) is 11.1. The van der Waals surface area contributed by atoms with E-state index < -0.39 is 0 Å². The highest BCUT2D eigenvalue weighted by Crippen LogP contribution is 2.40. The fourth-order valence-corrected chi connectivity index (χ4v) is 1.65. The summed E-state index contributed by atoms with van der Waals surface area (Å²) in [4.78, 5) is 4.02. The van der Waals surface area contributed by atoms with Gasteiger partial charge < -0.3 is 19.9 Å². The van der Waals surface area contributed by atoms with Gasteiger partial charge in [0.2, 0.25) is 11.6 Å². The second-order valence-corrected chi connectivity index (χ2v) is 3.78. The minimum Gasteiger partial charge on any atom is -0.493 e. The van der Waals surface area contributed by atoms with Crippen LogP contribution in [-0.2, 0) is 0 Å². The van der Waals surface area contributed by atoms with E-state index in [4.69, 9.17) is 25.2 Å². The van der Waals surface area contributed by atoms with E-state index in [1.54, 1.807) is 18.2 Å². The number of rotatable bonds is 4. The van der Waals surface area contributed by atoms with Crippen LogP contribution in [-0.4, -0.2) is 19.2 Å². The van der Waals surface area contributed by atoms with Crippen molar-refractivity contribution in [3.63, 3.8) is 0 Å². The Hall–Kier alpha value is -2.94. The van der Waals surface area contributed by atoms with E-state index in [-0.39, 0.29) is 11.6 Å². The molecule has 0 bridgehead atoms. The molecule has 1 aromatic heterocycles. The van der Waals surface area contributed by atoms with Crippen LogP contribution in [0.5, 0.6) is 23.1 Å². The summed E-state index contributed by atoms with van der Waals surface area (Å²) in [6.45, 7) is 0. The number of ether oxygens (including phenoxy) is 3. The molecular weight excluding hydrogens is 258 g/mol. The Morgan fingerprint density at radius 2 is 1.80 bits per heavy atom. The standard InChI is InChI=1S/C14H13N3O3/c1-18-10-4-3-5-11(19-2)13(10)20-14-12(16)9(8-15)6-7-17-14/h3-7H,16H2,1-2H3. The quantitative estimate of drug-likeness (QED) is 0.917. The maximum Gasteiger partial charge on any atom is 0.244 e. The number of hydrogen-bond acceptors (Lipinski definition) is 6. The van der Waals surface area contributed by atoms with Gasteiger partial charge in [0.15, 0.2) is 11.5 Å². The molecule has 0 saturated heterocycles. The van der Waals surface area contributed by atoms with Crippen molar-refractivity contribution in [2.45, 2.75) is 0 Å². The van der Waals surface area contributed by atoms with Crippen LogP contribution in [0.25, 0.3) is 0 Å². The van der Waals surface area contributed by atoms with Crippen molar-refractivity contribution in [1.29, 1.82) is 5.26 Å². The SMILES string of the molecule is COc1cccc(OC)c1Oc1nccc(C#N)c1N. The topological polar surface area (TPSA) is 90.4 Å². The smallest absolute Gasteiger partial charge is 0.244 e. The van der Waals surface area contributed by atoms with E-state index in [0.29, 0.717) is 22.8 Å². The fraction of sp³-hybridized carbons (Fsp3) is 0.143. The highest BCUT2D eigenvalue weighted by atomic mass is 16.5. The number of benzene rings is 1. The van der Waals surface area contributed by atoms with Crippen LogP contribution in [0.3, 0.4) is 0 Å². The lowest BCUT2D eigenvalue weighted by Gasteiger charge is -2.14. The highest BCUT2D eigenvalue weighted by molar-refractivity contribution is 5.62. The molecule has 0 aliphatic rings. The minimum atomic E-state index is 0.131. The van der Waals surface area contributed by atoms with E-state index in [0.717, 1.165) is 0 Å². The lowest BCUT2D eigenvalue weighted by Crippen LogP contribution is -2.00. The predicted molar refractivity (Wildman–Crippen MR) is 73.0 cm³/mol. The number of para-hydroxylation sites is 1. The van der Waals surface area contributed by atoms with Gasteiger partial charge >= 0.3 is 0 Å². The van der Waals surface area contributed by atoms with Crippen LogP contribution < -0.4 is 19.9 Å². The molecule has 6 nitrogen and oxygen atoms in total. The highest BCUT2D eigenvalue weighted by Gasteiger charge is 2.16. The first kappa shape index (κ1) is 13.5. The Morgan fingerprint density at radius 3 is 2.35 bits per heavy atom. The Bertz CT molecular complexity index is 643. The lowest BCUT2D eigenvalue weighted by atomic mass is 10.2. The van der Waals surface area contributed by atoms with E-state index in [1.165, 1.54) is 26.5 Å². The number of methoxy groups -OCH3 is 2. The van der Waals surface area contributed by atoms with Crippen molar-refractivity contribution in [3.8, 4) is 29.2 Å². The molecule has 0 fully saturated rings. The van der Waals surface area contributed by atoms with Crippen LogP contribution in [0.15, 0.2) is 30.5 Å². The number of hydrogen-bond donors (Lipinski definition) is 1. The van der Waals surface area contributed by atoms with E-state index in [2.05, 4.69) is 4.98 Å². The zero-order chi connectivity index (χ0) is 14.5. The molecule has 0 aliphatic heterocycles. The number of nitriles is 1. The maximum atomic E-state index is 8.95. The summed E-state index contributed by atoms with van der Waals surface area (Å²) in [5.74, 6) is 1.44. The summed E-state index contributed by atoms with van der Waals surface area (Å²) in [6.07, 6.45) is 1.45. The number of anilines is 1. The van der Waals surface area contributed by atoms with Crippen molar-refractivity contribution < 1.29 is 14.2 Å². The Balaban J connectivity index is 2.48. The summed E-state index contributed by atoms with van der Waals surface area (Å²) in [7, 11) is 3.04. The lowest BCUT2D eigenvalue weighted by molar-refractivity contribution is 0.342. The molecule has 0 aliphatic carbocycles. The largest absolute Gasteiger partial charge is 0.493 e. The number of pyridine rings is 1. The van der Waals surface area contributed by atoms with Crippen molar-refractivity contribution in [2.75, 3.05) is 20.0 Å². The Morgan fingerprint density at radius 1 is 1.15 bits per heavy atom. The molecule has 0 saturated carbocycles. The van der Waals surface area contributed by atoms with E-state index >= 15 is 0 Å². The Labute approximate surface area is 116 Å². The molecular formula is C14H13N3O3. The van der Waals surface area contributed by atoms with Gasteiger partial charge in [0, 0.05) is 6.20 Å². The monoisotopic (exact) mass is 271 g/mol. The number of nitrogen functional groups attached to an aromatic ring is 1. The molecule has 0 unspecified atom stereocenters. The molecule has 1 heterocycles. The van der Waals surface area contributed by atoms with Gasteiger partial charge in [-0.05, 0) is 18.2 Å². The van der Waals surface area contributed by atoms with E-state index in [9.17, 15) is 0 Å². The molecule has 0 spiro atoms. The van der Waals surface area contributed by atoms with Crippen LogP contribution in [0.2, 0.25) is 0 Å².